The first kappa shape index (κ1) is 13.7. The number of carbonyl (C=O) groups is 1. The smallest absolute Gasteiger partial charge is 0.241 e. The van der Waals surface area contributed by atoms with Crippen molar-refractivity contribution in [3.63, 3.8) is 0 Å². The molecule has 0 fully saturated rings. The molecule has 4 N–H and O–H groups in total. The number of aliphatic hydroxyl groups excluding tert-OH is 1. The summed E-state index contributed by atoms with van der Waals surface area (Å²) in [5.41, 5.74) is 7.05. The van der Waals surface area contributed by atoms with Crippen LogP contribution in [0.4, 0.5) is 5.69 Å². The summed E-state index contributed by atoms with van der Waals surface area (Å²) in [5.74, 6) is -0.208. The van der Waals surface area contributed by atoms with Gasteiger partial charge in [0.15, 0.2) is 0 Å². The van der Waals surface area contributed by atoms with E-state index in [-0.39, 0.29) is 5.91 Å². The fourth-order valence-electron chi connectivity index (χ4n) is 1.64. The molecular weight excluding hydrogens is 216 g/mol. The molecule has 1 aromatic carbocycles. The quantitative estimate of drug-likeness (QED) is 0.729. The predicted octanol–water partition coefficient (Wildman–Crippen LogP) is 1.81. The van der Waals surface area contributed by atoms with Crippen molar-refractivity contribution in [2.24, 2.45) is 5.73 Å². The fraction of sp³-hybridized carbons (Fsp3) is 0.462. The molecule has 1 unspecified atom stereocenters. The summed E-state index contributed by atoms with van der Waals surface area (Å²) < 4.78 is 0. The topological polar surface area (TPSA) is 75.4 Å². The minimum absolute atomic E-state index is 0.208. The molecule has 2 atom stereocenters. The van der Waals surface area contributed by atoms with Gasteiger partial charge in [0.1, 0.15) is 0 Å². The zero-order valence-electron chi connectivity index (χ0n) is 10.3. The third-order valence-corrected chi connectivity index (χ3v) is 2.61. The van der Waals surface area contributed by atoms with Gasteiger partial charge >= 0.3 is 0 Å². The highest BCUT2D eigenvalue weighted by molar-refractivity contribution is 5.95. The van der Waals surface area contributed by atoms with E-state index in [4.69, 9.17) is 5.73 Å². The number of carbonyl (C=O) groups excluding carboxylic acids is 1. The van der Waals surface area contributed by atoms with E-state index in [9.17, 15) is 9.90 Å². The average molecular weight is 236 g/mol. The summed E-state index contributed by atoms with van der Waals surface area (Å²) in [7, 11) is 0. The molecule has 0 spiro atoms. The first-order valence-corrected chi connectivity index (χ1v) is 5.89. The number of amides is 1. The lowest BCUT2D eigenvalue weighted by atomic mass is 10.1. The maximum absolute atomic E-state index is 11.8. The summed E-state index contributed by atoms with van der Waals surface area (Å²) >= 11 is 0. The van der Waals surface area contributed by atoms with Gasteiger partial charge in [0.05, 0.1) is 12.1 Å². The Balaban J connectivity index is 2.77. The molecule has 0 saturated carbocycles. The first-order chi connectivity index (χ1) is 8.06. The lowest BCUT2D eigenvalue weighted by Gasteiger charge is -2.15. The number of rotatable bonds is 5. The van der Waals surface area contributed by atoms with Crippen molar-refractivity contribution >= 4 is 11.6 Å². The van der Waals surface area contributed by atoms with Gasteiger partial charge in [-0.3, -0.25) is 4.79 Å². The van der Waals surface area contributed by atoms with E-state index >= 15 is 0 Å². The zero-order chi connectivity index (χ0) is 12.8. The van der Waals surface area contributed by atoms with Crippen LogP contribution < -0.4 is 11.1 Å². The van der Waals surface area contributed by atoms with E-state index in [1.165, 1.54) is 0 Å². The molecule has 0 aliphatic carbocycles. The summed E-state index contributed by atoms with van der Waals surface area (Å²) in [6.45, 7) is 3.65. The molecule has 4 heteroatoms. The van der Waals surface area contributed by atoms with Crippen LogP contribution in [0.5, 0.6) is 0 Å². The van der Waals surface area contributed by atoms with E-state index < -0.39 is 12.1 Å². The van der Waals surface area contributed by atoms with Crippen LogP contribution in [0.2, 0.25) is 0 Å². The number of anilines is 1. The van der Waals surface area contributed by atoms with E-state index in [1.54, 1.807) is 19.1 Å². The fourth-order valence-corrected chi connectivity index (χ4v) is 1.64. The minimum atomic E-state index is -0.617. The Kier molecular flexibility index (Phi) is 5.12. The zero-order valence-corrected chi connectivity index (χ0v) is 10.3. The van der Waals surface area contributed by atoms with Crippen molar-refractivity contribution in [2.75, 3.05) is 5.32 Å². The number of benzene rings is 1. The number of nitrogens with one attached hydrogen (secondary N) is 1. The van der Waals surface area contributed by atoms with Gasteiger partial charge in [-0.05, 0) is 19.4 Å². The second-order valence-corrected chi connectivity index (χ2v) is 4.15. The van der Waals surface area contributed by atoms with E-state index in [0.717, 1.165) is 6.42 Å². The molecule has 1 amide bonds. The van der Waals surface area contributed by atoms with Gasteiger partial charge in [0.25, 0.3) is 0 Å². The largest absolute Gasteiger partial charge is 0.389 e. The highest BCUT2D eigenvalue weighted by atomic mass is 16.3. The van der Waals surface area contributed by atoms with Gasteiger partial charge in [-0.2, -0.15) is 0 Å². The molecule has 17 heavy (non-hydrogen) atoms. The Labute approximate surface area is 102 Å². The van der Waals surface area contributed by atoms with E-state index in [2.05, 4.69) is 5.32 Å². The maximum atomic E-state index is 11.8. The van der Waals surface area contributed by atoms with Crippen molar-refractivity contribution in [3.05, 3.63) is 29.8 Å². The molecule has 1 rings (SSSR count). The molecule has 0 bridgehead atoms. The van der Waals surface area contributed by atoms with Crippen LogP contribution in [0.1, 0.15) is 38.4 Å². The molecule has 4 nitrogen and oxygen atoms in total. The molecule has 0 radical (unpaired) electrons. The molecule has 0 aliphatic heterocycles. The highest BCUT2D eigenvalue weighted by Gasteiger charge is 2.15. The van der Waals surface area contributed by atoms with Gasteiger partial charge in [-0.1, -0.05) is 31.5 Å². The molecule has 1 aromatic rings. The lowest BCUT2D eigenvalue weighted by molar-refractivity contribution is -0.117. The normalized spacial score (nSPS) is 14.1. The van der Waals surface area contributed by atoms with Crippen molar-refractivity contribution in [1.29, 1.82) is 0 Å². The van der Waals surface area contributed by atoms with Gasteiger partial charge in [0, 0.05) is 11.3 Å². The monoisotopic (exact) mass is 236 g/mol. The standard InChI is InChI=1S/C13H20N2O2/c1-3-6-11(14)13(17)15-12-8-5-4-7-10(12)9(2)16/h4-5,7-9,11,16H,3,6,14H2,1-2H3,(H,15,17)/t9?,11-/m0/s1. The number of aliphatic hydroxyl groups is 1. The lowest BCUT2D eigenvalue weighted by Crippen LogP contribution is -2.35. The Bertz CT molecular complexity index is 377. The Morgan fingerprint density at radius 3 is 2.71 bits per heavy atom. The molecule has 94 valence electrons. The first-order valence-electron chi connectivity index (χ1n) is 5.89. The van der Waals surface area contributed by atoms with Crippen LogP contribution in [0, 0.1) is 0 Å². The summed E-state index contributed by atoms with van der Waals surface area (Å²) in [6.07, 6.45) is 0.906. The molecule has 0 aliphatic rings. The van der Waals surface area contributed by atoms with Gasteiger partial charge in [-0.25, -0.2) is 0 Å². The van der Waals surface area contributed by atoms with Crippen molar-refractivity contribution in [1.82, 2.24) is 0 Å². The number of nitrogens with two attached hydrogens (primary N) is 1. The van der Waals surface area contributed by atoms with Crippen LogP contribution in [-0.4, -0.2) is 17.1 Å². The highest BCUT2D eigenvalue weighted by Crippen LogP contribution is 2.22. The van der Waals surface area contributed by atoms with Crippen molar-refractivity contribution in [2.45, 2.75) is 38.8 Å². The van der Waals surface area contributed by atoms with Crippen LogP contribution in [0.3, 0.4) is 0 Å². The maximum Gasteiger partial charge on any atom is 0.241 e. The molecular formula is C13H20N2O2. The van der Waals surface area contributed by atoms with Crippen LogP contribution in [-0.2, 0) is 4.79 Å². The Morgan fingerprint density at radius 1 is 1.47 bits per heavy atom. The SMILES string of the molecule is CCC[C@H](N)C(=O)Nc1ccccc1C(C)O. The van der Waals surface area contributed by atoms with Gasteiger partial charge < -0.3 is 16.2 Å². The van der Waals surface area contributed by atoms with E-state index in [0.29, 0.717) is 17.7 Å². The molecule has 0 heterocycles. The number of para-hydroxylation sites is 1. The van der Waals surface area contributed by atoms with E-state index in [1.807, 2.05) is 19.1 Å². The summed E-state index contributed by atoms with van der Waals surface area (Å²) in [5, 5.41) is 12.3. The Morgan fingerprint density at radius 2 is 2.12 bits per heavy atom. The van der Waals surface area contributed by atoms with Crippen molar-refractivity contribution in [3.8, 4) is 0 Å². The van der Waals surface area contributed by atoms with Gasteiger partial charge in [-0.15, -0.1) is 0 Å². The van der Waals surface area contributed by atoms with Gasteiger partial charge in [0.2, 0.25) is 5.91 Å². The number of hydrogen-bond donors (Lipinski definition) is 3. The molecule has 0 aromatic heterocycles. The van der Waals surface area contributed by atoms with Crippen LogP contribution in [0.25, 0.3) is 0 Å². The average Bonchev–Trinajstić information content (AvgIpc) is 2.29. The molecule has 0 saturated heterocycles. The second-order valence-electron chi connectivity index (χ2n) is 4.15. The van der Waals surface area contributed by atoms with Crippen LogP contribution >= 0.6 is 0 Å². The second kappa shape index (κ2) is 6.37. The minimum Gasteiger partial charge on any atom is -0.389 e. The van der Waals surface area contributed by atoms with Crippen molar-refractivity contribution < 1.29 is 9.90 Å². The predicted molar refractivity (Wildman–Crippen MR) is 68.6 cm³/mol. The van der Waals surface area contributed by atoms with Crippen LogP contribution in [0.15, 0.2) is 24.3 Å². The Hall–Kier alpha value is -1.39. The summed E-state index contributed by atoms with van der Waals surface area (Å²) in [6, 6.07) is 6.68. The third-order valence-electron chi connectivity index (χ3n) is 2.61. The third kappa shape index (κ3) is 3.84. The summed E-state index contributed by atoms with van der Waals surface area (Å²) in [4.78, 5) is 11.8. The number of hydrogen-bond acceptors (Lipinski definition) is 3.